The fourth-order valence-corrected chi connectivity index (χ4v) is 0.353. The van der Waals surface area contributed by atoms with E-state index in [0.717, 1.165) is 0 Å². The van der Waals surface area contributed by atoms with Gasteiger partial charge in [0.25, 0.3) is 7.11 Å². The van der Waals surface area contributed by atoms with E-state index in [9.17, 15) is 0 Å². The third-order valence-corrected chi connectivity index (χ3v) is 0.734. The van der Waals surface area contributed by atoms with Crippen LogP contribution in [0.15, 0.2) is 11.8 Å². The number of allylic oxidation sites excluding steroid dienone is 2. The van der Waals surface area contributed by atoms with Crippen LogP contribution in [0.3, 0.4) is 0 Å². The van der Waals surface area contributed by atoms with Crippen LogP contribution in [-0.4, -0.2) is 18.0 Å². The average Bonchev–Trinajstić information content (AvgIpc) is 1.65. The largest absolute Gasteiger partial charge is 0.512 e. The minimum Gasteiger partial charge on any atom is -0.512 e. The Hall–Kier alpha value is -0.167. The summed E-state index contributed by atoms with van der Waals surface area (Å²) in [7, 11) is 1.56. The van der Waals surface area contributed by atoms with E-state index in [2.05, 4.69) is 0 Å². The molecule has 54 valence electrons. The molecule has 9 heavy (non-hydrogen) atoms. The van der Waals surface area contributed by atoms with E-state index in [4.69, 9.17) is 9.53 Å². The van der Waals surface area contributed by atoms with Gasteiger partial charge in [0, 0.05) is 19.5 Å². The van der Waals surface area contributed by atoms with Crippen LogP contribution in [0, 0.1) is 0 Å². The van der Waals surface area contributed by atoms with Crippen LogP contribution in [0.1, 0.15) is 13.8 Å². The molecule has 0 aliphatic carbocycles. The van der Waals surface area contributed by atoms with Gasteiger partial charge in [-0.1, -0.05) is 0 Å². The van der Waals surface area contributed by atoms with E-state index < -0.39 is 0 Å². The molecular weight excluding hydrogens is 205 g/mol. The van der Waals surface area contributed by atoms with Gasteiger partial charge < -0.3 is 5.11 Å². The third kappa shape index (κ3) is 7.83. The van der Waals surface area contributed by atoms with Crippen molar-refractivity contribution in [2.75, 3.05) is 7.11 Å². The number of aliphatic hydroxyl groups is 1. The van der Waals surface area contributed by atoms with E-state index in [-0.39, 0.29) is 25.2 Å². The molecule has 0 aliphatic heterocycles. The molecule has 0 saturated carbocycles. The second kappa shape index (κ2) is 5.96. The zero-order chi connectivity index (χ0) is 6.57. The van der Waals surface area contributed by atoms with Crippen molar-refractivity contribution in [1.29, 1.82) is 0 Å². The monoisotopic (exact) mass is 217 g/mol. The van der Waals surface area contributed by atoms with Crippen LogP contribution < -0.4 is 0 Å². The summed E-state index contributed by atoms with van der Waals surface area (Å²) in [5.41, 5.74) is 0. The van der Waals surface area contributed by atoms with Crippen LogP contribution >= 0.6 is 0 Å². The number of ketones is 1. The van der Waals surface area contributed by atoms with Crippen LogP contribution in [-0.2, 0) is 23.9 Å². The van der Waals surface area contributed by atoms with Crippen molar-refractivity contribution in [1.82, 2.24) is 0 Å². The zero-order valence-electron chi connectivity index (χ0n) is 5.79. The number of carbonyl (C=O) groups excluding carboxylic acids is 1. The molecule has 0 aromatic heterocycles. The molecule has 0 saturated heterocycles. The summed E-state index contributed by atoms with van der Waals surface area (Å²) < 4.78 is 4.74. The first kappa shape index (κ1) is 11.6. The van der Waals surface area contributed by atoms with Gasteiger partial charge in [-0.05, 0) is 6.92 Å². The quantitative estimate of drug-likeness (QED) is 0.304. The van der Waals surface area contributed by atoms with E-state index in [0.29, 0.717) is 5.78 Å². The Balaban J connectivity index is 0. The molecule has 0 unspecified atom stereocenters. The predicted octanol–water partition coefficient (Wildman–Crippen LogP) is 1.20. The van der Waals surface area contributed by atoms with Crippen molar-refractivity contribution in [2.45, 2.75) is 13.8 Å². The van der Waals surface area contributed by atoms with E-state index in [1.165, 1.54) is 0 Å². The smallest absolute Gasteiger partial charge is 0.319 e. The first-order valence-electron chi connectivity index (χ1n) is 2.41. The molecule has 0 fully saturated rings. The van der Waals surface area contributed by atoms with Crippen LogP contribution in [0.5, 0.6) is 0 Å². The first-order valence-corrected chi connectivity index (χ1v) is 2.41. The van der Waals surface area contributed by atoms with Gasteiger partial charge in [0.05, 0.1) is 18.8 Å². The molecule has 0 bridgehead atoms. The zero-order valence-corrected chi connectivity index (χ0v) is 7.52. The number of hydrogen-bond acceptors (Lipinski definition) is 1. The van der Waals surface area contributed by atoms with Gasteiger partial charge in [-0.2, -0.15) is 0 Å². The predicted molar refractivity (Wildman–Crippen MR) is 33.0 cm³/mol. The summed E-state index contributed by atoms with van der Waals surface area (Å²) in [6.45, 7) is 3.38. The van der Waals surface area contributed by atoms with Gasteiger partial charge >= 0.3 is 5.78 Å². The maximum absolute atomic E-state index is 8.61. The van der Waals surface area contributed by atoms with Crippen LogP contribution in [0.25, 0.3) is 0 Å². The van der Waals surface area contributed by atoms with Gasteiger partial charge in [0.15, 0.2) is 0 Å². The summed E-state index contributed by atoms with van der Waals surface area (Å²) in [5, 5.41) is 8.61. The Morgan fingerprint density at radius 2 is 1.89 bits per heavy atom. The van der Waals surface area contributed by atoms with Gasteiger partial charge in [-0.15, -0.1) is 0 Å². The van der Waals surface area contributed by atoms with Crippen molar-refractivity contribution in [3.8, 4) is 0 Å². The molecule has 0 aromatic carbocycles. The minimum atomic E-state index is 0. The van der Waals surface area contributed by atoms with E-state index in [1.54, 1.807) is 27.0 Å². The molecule has 0 aliphatic rings. The normalized spacial score (nSPS) is 12.8. The maximum Gasteiger partial charge on any atom is 0.319 e. The van der Waals surface area contributed by atoms with Gasteiger partial charge in [-0.25, -0.2) is 0 Å². The van der Waals surface area contributed by atoms with Crippen molar-refractivity contribution in [3.63, 3.8) is 0 Å². The van der Waals surface area contributed by atoms with E-state index in [1.807, 2.05) is 0 Å². The summed E-state index contributed by atoms with van der Waals surface area (Å²) in [4.78, 5) is 0. The summed E-state index contributed by atoms with van der Waals surface area (Å²) in [6, 6.07) is 0. The Kier molecular flexibility index (Phi) is 7.69. The summed E-state index contributed by atoms with van der Waals surface area (Å²) in [5.74, 6) is 0.981. The standard InChI is InChI=1S/C6H10O2.Ru/c1-5(7)4-6(2)8-3;/h4H,1-3H3;/p+1/b5-4-;. The maximum atomic E-state index is 8.61. The fourth-order valence-electron chi connectivity index (χ4n) is 0.353. The summed E-state index contributed by atoms with van der Waals surface area (Å²) >= 11 is 0. The molecule has 1 N–H and O–H groups in total. The van der Waals surface area contributed by atoms with Crippen molar-refractivity contribution in [3.05, 3.63) is 11.8 Å². The second-order valence-corrected chi connectivity index (χ2v) is 1.60. The van der Waals surface area contributed by atoms with Crippen LogP contribution in [0.4, 0.5) is 0 Å². The number of hydrogen-bond donors (Lipinski definition) is 1. The average molecular weight is 216 g/mol. The molecule has 0 atom stereocenters. The van der Waals surface area contributed by atoms with Crippen molar-refractivity contribution >= 4 is 5.78 Å². The third-order valence-electron chi connectivity index (χ3n) is 0.734. The molecule has 3 heteroatoms. The fraction of sp³-hybridized carbons (Fsp3) is 0.500. The molecular formula is C6H11O2Ru+. The number of rotatable bonds is 1. The Morgan fingerprint density at radius 3 is 2.00 bits per heavy atom. The Morgan fingerprint density at radius 1 is 1.44 bits per heavy atom. The molecule has 0 amide bonds. The topological polar surface area (TPSA) is 31.5 Å². The first-order chi connectivity index (χ1) is 3.66. The van der Waals surface area contributed by atoms with Gasteiger partial charge in [0.2, 0.25) is 0 Å². The van der Waals surface area contributed by atoms with Gasteiger partial charge in [0.1, 0.15) is 0 Å². The molecule has 2 nitrogen and oxygen atoms in total. The van der Waals surface area contributed by atoms with Crippen LogP contribution in [0.2, 0.25) is 0 Å². The SMILES string of the molecule is C[O+]=C(C)/C=C(/C)O.[Ru]. The molecule has 0 heterocycles. The van der Waals surface area contributed by atoms with Crippen molar-refractivity contribution in [2.24, 2.45) is 0 Å². The number of aliphatic hydroxyl groups excluding tert-OH is 1. The Bertz CT molecular complexity index is 123. The molecule has 0 aromatic rings. The van der Waals surface area contributed by atoms with Crippen molar-refractivity contribution < 1.29 is 29.0 Å². The second-order valence-electron chi connectivity index (χ2n) is 1.60. The molecule has 0 radical (unpaired) electrons. The minimum absolute atomic E-state index is 0. The Labute approximate surface area is 68.0 Å². The molecule has 0 rings (SSSR count). The van der Waals surface area contributed by atoms with E-state index >= 15 is 0 Å². The van der Waals surface area contributed by atoms with Gasteiger partial charge in [-0.3, -0.25) is 4.42 Å². The molecule has 0 spiro atoms. The summed E-state index contributed by atoms with van der Waals surface area (Å²) in [6.07, 6.45) is 1.56.